The highest BCUT2D eigenvalue weighted by molar-refractivity contribution is 7.10. The number of rotatable bonds is 7. The van der Waals surface area contributed by atoms with Gasteiger partial charge in [-0.25, -0.2) is 4.99 Å². The van der Waals surface area contributed by atoms with Crippen LogP contribution in [0.5, 0.6) is 0 Å². The maximum absolute atomic E-state index is 12.0. The van der Waals surface area contributed by atoms with Gasteiger partial charge in [0.05, 0.1) is 18.4 Å². The van der Waals surface area contributed by atoms with E-state index in [0.717, 1.165) is 4.88 Å². The quantitative estimate of drug-likeness (QED) is 0.443. The van der Waals surface area contributed by atoms with Crippen molar-refractivity contribution in [1.29, 1.82) is 0 Å². The molecule has 1 unspecified atom stereocenters. The summed E-state index contributed by atoms with van der Waals surface area (Å²) >= 11 is 1.49. The third kappa shape index (κ3) is 6.17. The van der Waals surface area contributed by atoms with Gasteiger partial charge >= 0.3 is 0 Å². The standard InChI is InChI=1S/C17H23N5O2S/c1-3-19-16(21-12-17(2,24)14-7-5-9-25-14)20-11-15(23)22-13-6-4-8-18-10-13/h4-10,24H,3,11-12H2,1-2H3,(H,22,23)(H2,19,20,21). The van der Waals surface area contributed by atoms with Crippen LogP contribution < -0.4 is 16.0 Å². The fourth-order valence-corrected chi connectivity index (χ4v) is 2.84. The van der Waals surface area contributed by atoms with Gasteiger partial charge < -0.3 is 21.1 Å². The van der Waals surface area contributed by atoms with Gasteiger partial charge in [-0.3, -0.25) is 9.78 Å². The smallest absolute Gasteiger partial charge is 0.246 e. The van der Waals surface area contributed by atoms with Crippen LogP contribution in [0.4, 0.5) is 5.69 Å². The molecule has 2 aromatic heterocycles. The van der Waals surface area contributed by atoms with Gasteiger partial charge in [-0.1, -0.05) is 6.07 Å². The Labute approximate surface area is 151 Å². The van der Waals surface area contributed by atoms with E-state index in [4.69, 9.17) is 0 Å². The number of anilines is 1. The number of nitrogens with zero attached hydrogens (tertiary/aromatic N) is 2. The first-order valence-electron chi connectivity index (χ1n) is 7.99. The summed E-state index contributed by atoms with van der Waals surface area (Å²) in [4.78, 5) is 21.0. The highest BCUT2D eigenvalue weighted by Gasteiger charge is 2.24. The van der Waals surface area contributed by atoms with Gasteiger partial charge in [-0.2, -0.15) is 0 Å². The van der Waals surface area contributed by atoms with Crippen LogP contribution in [0.2, 0.25) is 0 Å². The summed E-state index contributed by atoms with van der Waals surface area (Å²) in [7, 11) is 0. The molecule has 2 heterocycles. The first-order chi connectivity index (χ1) is 12.0. The van der Waals surface area contributed by atoms with Crippen molar-refractivity contribution in [3.63, 3.8) is 0 Å². The van der Waals surface area contributed by atoms with E-state index in [1.807, 2.05) is 24.4 Å². The lowest BCUT2D eigenvalue weighted by Crippen LogP contribution is -2.44. The molecule has 0 saturated heterocycles. The van der Waals surface area contributed by atoms with Gasteiger partial charge in [0.1, 0.15) is 12.1 Å². The van der Waals surface area contributed by atoms with Gasteiger partial charge in [0.2, 0.25) is 5.91 Å². The highest BCUT2D eigenvalue weighted by atomic mass is 32.1. The molecule has 0 bridgehead atoms. The van der Waals surface area contributed by atoms with E-state index < -0.39 is 5.60 Å². The van der Waals surface area contributed by atoms with Crippen molar-refractivity contribution in [2.75, 3.05) is 25.0 Å². The van der Waals surface area contributed by atoms with E-state index in [1.54, 1.807) is 31.5 Å². The zero-order chi connectivity index (χ0) is 18.1. The molecule has 0 aliphatic heterocycles. The summed E-state index contributed by atoms with van der Waals surface area (Å²) < 4.78 is 0. The summed E-state index contributed by atoms with van der Waals surface area (Å²) in [5.41, 5.74) is -0.385. The molecule has 2 rings (SSSR count). The number of carbonyl (C=O) groups is 1. The highest BCUT2D eigenvalue weighted by Crippen LogP contribution is 2.24. The molecule has 1 amide bonds. The van der Waals surface area contributed by atoms with Crippen LogP contribution in [0.15, 0.2) is 47.0 Å². The van der Waals surface area contributed by atoms with Crippen molar-refractivity contribution in [2.24, 2.45) is 4.99 Å². The molecule has 134 valence electrons. The fraction of sp³-hybridized carbons (Fsp3) is 0.353. The van der Waals surface area contributed by atoms with Crippen molar-refractivity contribution in [3.05, 3.63) is 46.9 Å². The van der Waals surface area contributed by atoms with E-state index in [2.05, 4.69) is 25.9 Å². The SMILES string of the molecule is CCNC(=NCC(=O)Nc1cccnc1)NCC(C)(O)c1cccs1. The maximum Gasteiger partial charge on any atom is 0.246 e. The number of amides is 1. The molecule has 7 nitrogen and oxygen atoms in total. The van der Waals surface area contributed by atoms with Crippen LogP contribution >= 0.6 is 11.3 Å². The summed E-state index contributed by atoms with van der Waals surface area (Å²) in [6, 6.07) is 7.29. The third-order valence-electron chi connectivity index (χ3n) is 3.32. The van der Waals surface area contributed by atoms with Gasteiger partial charge in [0.25, 0.3) is 0 Å². The summed E-state index contributed by atoms with van der Waals surface area (Å²) in [6.07, 6.45) is 3.21. The molecule has 0 saturated carbocycles. The Bertz CT molecular complexity index is 686. The minimum Gasteiger partial charge on any atom is -0.383 e. The Morgan fingerprint density at radius 1 is 1.36 bits per heavy atom. The number of hydrogen-bond donors (Lipinski definition) is 4. The van der Waals surface area contributed by atoms with Crippen molar-refractivity contribution < 1.29 is 9.90 Å². The molecule has 1 atom stereocenters. The molecule has 8 heteroatoms. The van der Waals surface area contributed by atoms with Crippen molar-refractivity contribution >= 4 is 28.9 Å². The second kappa shape index (κ2) is 9.14. The zero-order valence-corrected chi connectivity index (χ0v) is 15.1. The summed E-state index contributed by atoms with van der Waals surface area (Å²) in [5, 5.41) is 21.3. The van der Waals surface area contributed by atoms with Crippen LogP contribution in [0, 0.1) is 0 Å². The molecule has 25 heavy (non-hydrogen) atoms. The van der Waals surface area contributed by atoms with Crippen LogP contribution in [-0.2, 0) is 10.4 Å². The van der Waals surface area contributed by atoms with Gasteiger partial charge in [-0.15, -0.1) is 11.3 Å². The summed E-state index contributed by atoms with van der Waals surface area (Å²) in [6.45, 7) is 4.57. The van der Waals surface area contributed by atoms with E-state index in [9.17, 15) is 9.90 Å². The van der Waals surface area contributed by atoms with Crippen LogP contribution in [0.1, 0.15) is 18.7 Å². The number of hydrogen-bond acceptors (Lipinski definition) is 5. The Morgan fingerprint density at radius 3 is 2.84 bits per heavy atom. The number of guanidine groups is 1. The van der Waals surface area contributed by atoms with E-state index in [-0.39, 0.29) is 19.0 Å². The van der Waals surface area contributed by atoms with Crippen LogP contribution in [0.3, 0.4) is 0 Å². The molecule has 4 N–H and O–H groups in total. The summed E-state index contributed by atoms with van der Waals surface area (Å²) in [5.74, 6) is 0.232. The first kappa shape index (κ1) is 18.9. The van der Waals surface area contributed by atoms with Gasteiger partial charge in [-0.05, 0) is 37.4 Å². The second-order valence-electron chi connectivity index (χ2n) is 5.59. The third-order valence-corrected chi connectivity index (χ3v) is 4.45. The van der Waals surface area contributed by atoms with Crippen LogP contribution in [0.25, 0.3) is 0 Å². The average Bonchev–Trinajstić information content (AvgIpc) is 3.14. The Kier molecular flexibility index (Phi) is 6.91. The molecular formula is C17H23N5O2S. The maximum atomic E-state index is 12.0. The Balaban J connectivity index is 1.90. The lowest BCUT2D eigenvalue weighted by molar-refractivity contribution is -0.114. The van der Waals surface area contributed by atoms with E-state index in [0.29, 0.717) is 18.2 Å². The molecule has 0 aliphatic rings. The van der Waals surface area contributed by atoms with Crippen molar-refractivity contribution in [1.82, 2.24) is 15.6 Å². The number of aromatic nitrogens is 1. The second-order valence-corrected chi connectivity index (χ2v) is 6.54. The van der Waals surface area contributed by atoms with E-state index >= 15 is 0 Å². The topological polar surface area (TPSA) is 98.6 Å². The number of carbonyl (C=O) groups excluding carboxylic acids is 1. The van der Waals surface area contributed by atoms with E-state index in [1.165, 1.54) is 11.3 Å². The average molecular weight is 361 g/mol. The lowest BCUT2D eigenvalue weighted by Gasteiger charge is -2.23. The number of pyridine rings is 1. The molecule has 0 radical (unpaired) electrons. The number of aliphatic hydroxyl groups is 1. The molecule has 0 fully saturated rings. The Hall–Kier alpha value is -2.45. The van der Waals surface area contributed by atoms with Crippen molar-refractivity contribution in [3.8, 4) is 0 Å². The van der Waals surface area contributed by atoms with Crippen molar-refractivity contribution in [2.45, 2.75) is 19.4 Å². The number of thiophene rings is 1. The predicted molar refractivity (Wildman–Crippen MR) is 101 cm³/mol. The van der Waals surface area contributed by atoms with Crippen LogP contribution in [-0.4, -0.2) is 41.6 Å². The van der Waals surface area contributed by atoms with Gasteiger partial charge in [0.15, 0.2) is 5.96 Å². The molecule has 0 aliphatic carbocycles. The monoisotopic (exact) mass is 361 g/mol. The first-order valence-corrected chi connectivity index (χ1v) is 8.87. The number of aliphatic imine (C=N–C) groups is 1. The largest absolute Gasteiger partial charge is 0.383 e. The predicted octanol–water partition coefficient (Wildman–Crippen LogP) is 1.54. The molecule has 0 aromatic carbocycles. The minimum atomic E-state index is -1.01. The van der Waals surface area contributed by atoms with Gasteiger partial charge in [0, 0.05) is 17.6 Å². The zero-order valence-electron chi connectivity index (χ0n) is 14.3. The fourth-order valence-electron chi connectivity index (χ4n) is 2.06. The molecular weight excluding hydrogens is 338 g/mol. The molecule has 2 aromatic rings. The Morgan fingerprint density at radius 2 is 2.20 bits per heavy atom. The molecule has 0 spiro atoms. The number of nitrogens with one attached hydrogen (secondary N) is 3. The minimum absolute atomic E-state index is 0.0363. The lowest BCUT2D eigenvalue weighted by atomic mass is 10.1. The normalized spacial score (nSPS) is 13.8.